The molecule has 1 heterocycles. The Bertz CT molecular complexity index is 729. The fourth-order valence-corrected chi connectivity index (χ4v) is 1.95. The van der Waals surface area contributed by atoms with Crippen LogP contribution in [0.5, 0.6) is 5.88 Å². The van der Waals surface area contributed by atoms with Gasteiger partial charge in [0.05, 0.1) is 0 Å². The summed E-state index contributed by atoms with van der Waals surface area (Å²) >= 11 is 0. The van der Waals surface area contributed by atoms with Gasteiger partial charge in [0.15, 0.2) is 0 Å². The van der Waals surface area contributed by atoms with Crippen molar-refractivity contribution in [2.75, 3.05) is 19.1 Å². The molecule has 0 unspecified atom stereocenters. The zero-order valence-electron chi connectivity index (χ0n) is 11.0. The molecular formula is C13H15N3O3. The Labute approximate surface area is 109 Å². The number of aromatic hydroxyl groups is 1. The molecule has 0 aliphatic carbocycles. The van der Waals surface area contributed by atoms with E-state index < -0.39 is 11.2 Å². The predicted octanol–water partition coefficient (Wildman–Crippen LogP) is 0.415. The Morgan fingerprint density at radius 1 is 1.26 bits per heavy atom. The van der Waals surface area contributed by atoms with Crippen LogP contribution < -0.4 is 16.3 Å². The summed E-state index contributed by atoms with van der Waals surface area (Å²) in [7, 11) is 3.19. The maximum absolute atomic E-state index is 11.9. The van der Waals surface area contributed by atoms with Gasteiger partial charge in [0.2, 0.25) is 5.88 Å². The number of H-pyrrole nitrogens is 1. The average Bonchev–Trinajstić information content (AvgIpc) is 2.27. The number of aryl methyl sites for hydroxylation is 1. The molecule has 6 nitrogen and oxygen atoms in total. The summed E-state index contributed by atoms with van der Waals surface area (Å²) in [6.45, 7) is 1.89. The van der Waals surface area contributed by atoms with Crippen LogP contribution in [0.15, 0.2) is 33.9 Å². The van der Waals surface area contributed by atoms with Crippen LogP contribution in [0.25, 0.3) is 11.1 Å². The van der Waals surface area contributed by atoms with Crippen molar-refractivity contribution in [3.8, 4) is 17.0 Å². The van der Waals surface area contributed by atoms with Crippen LogP contribution in [-0.2, 0) is 0 Å². The Hall–Kier alpha value is -2.50. The number of aromatic amines is 1. The maximum atomic E-state index is 11.9. The van der Waals surface area contributed by atoms with E-state index in [0.29, 0.717) is 5.56 Å². The molecule has 0 atom stereocenters. The summed E-state index contributed by atoms with van der Waals surface area (Å²) in [5.41, 5.74) is 0.320. The summed E-state index contributed by atoms with van der Waals surface area (Å²) < 4.78 is 0.999. The number of rotatable bonds is 2. The standard InChI is InChI=1S/C13H15N3O3/c1-8-5-4-6-9(7-8)10-11(17)14-13(19)16(12(10)18)15(2)3/h4-7,18H,1-3H3,(H,14,17,19). The second kappa shape index (κ2) is 4.64. The van der Waals surface area contributed by atoms with Crippen LogP contribution >= 0.6 is 0 Å². The highest BCUT2D eigenvalue weighted by atomic mass is 16.3. The highest BCUT2D eigenvalue weighted by molar-refractivity contribution is 5.68. The molecule has 6 heteroatoms. The van der Waals surface area contributed by atoms with Gasteiger partial charge in [-0.05, 0) is 12.5 Å². The predicted molar refractivity (Wildman–Crippen MR) is 73.2 cm³/mol. The van der Waals surface area contributed by atoms with E-state index in [1.807, 2.05) is 13.0 Å². The third kappa shape index (κ3) is 2.24. The molecule has 1 aromatic heterocycles. The SMILES string of the molecule is Cc1cccc(-c2c(O)n(N(C)C)c(=O)[nH]c2=O)c1. The molecule has 100 valence electrons. The molecule has 0 radical (unpaired) electrons. The van der Waals surface area contributed by atoms with Gasteiger partial charge in [0.1, 0.15) is 5.56 Å². The van der Waals surface area contributed by atoms with Crippen molar-refractivity contribution in [2.24, 2.45) is 0 Å². The quantitative estimate of drug-likeness (QED) is 0.821. The highest BCUT2D eigenvalue weighted by Gasteiger charge is 2.16. The minimum absolute atomic E-state index is 0.0806. The first kappa shape index (κ1) is 12.9. The number of hydrogen-bond acceptors (Lipinski definition) is 4. The molecule has 0 aliphatic rings. The van der Waals surface area contributed by atoms with Gasteiger partial charge in [-0.3, -0.25) is 9.78 Å². The van der Waals surface area contributed by atoms with Crippen molar-refractivity contribution in [2.45, 2.75) is 6.92 Å². The molecule has 0 bridgehead atoms. The van der Waals surface area contributed by atoms with E-state index in [9.17, 15) is 14.7 Å². The first-order chi connectivity index (χ1) is 8.91. The lowest BCUT2D eigenvalue weighted by molar-refractivity contribution is 0.406. The fourth-order valence-electron chi connectivity index (χ4n) is 1.95. The molecule has 2 aromatic rings. The van der Waals surface area contributed by atoms with Gasteiger partial charge in [0, 0.05) is 14.1 Å². The molecule has 2 rings (SSSR count). The number of nitrogens with zero attached hydrogens (tertiary/aromatic N) is 2. The smallest absolute Gasteiger partial charge is 0.350 e. The zero-order valence-corrected chi connectivity index (χ0v) is 11.0. The van der Waals surface area contributed by atoms with E-state index in [1.54, 1.807) is 32.3 Å². The Kier molecular flexibility index (Phi) is 3.16. The van der Waals surface area contributed by atoms with E-state index in [0.717, 1.165) is 10.2 Å². The van der Waals surface area contributed by atoms with Crippen molar-refractivity contribution in [1.29, 1.82) is 0 Å². The van der Waals surface area contributed by atoms with Crippen LogP contribution in [0.2, 0.25) is 0 Å². The van der Waals surface area contributed by atoms with Gasteiger partial charge >= 0.3 is 5.69 Å². The van der Waals surface area contributed by atoms with Gasteiger partial charge in [0.25, 0.3) is 5.56 Å². The molecule has 0 spiro atoms. The molecule has 0 aliphatic heterocycles. The van der Waals surface area contributed by atoms with Gasteiger partial charge < -0.3 is 10.1 Å². The minimum Gasteiger partial charge on any atom is -0.493 e. The zero-order chi connectivity index (χ0) is 14.2. The third-order valence-electron chi connectivity index (χ3n) is 2.77. The van der Waals surface area contributed by atoms with E-state index in [2.05, 4.69) is 4.98 Å². The first-order valence-electron chi connectivity index (χ1n) is 5.74. The molecule has 19 heavy (non-hydrogen) atoms. The molecule has 0 saturated carbocycles. The van der Waals surface area contributed by atoms with Crippen molar-refractivity contribution in [3.63, 3.8) is 0 Å². The largest absolute Gasteiger partial charge is 0.493 e. The van der Waals surface area contributed by atoms with E-state index >= 15 is 0 Å². The molecule has 1 aromatic carbocycles. The lowest BCUT2D eigenvalue weighted by atomic mass is 10.1. The lowest BCUT2D eigenvalue weighted by Gasteiger charge is -2.18. The Morgan fingerprint density at radius 2 is 1.95 bits per heavy atom. The fraction of sp³-hybridized carbons (Fsp3) is 0.231. The molecular weight excluding hydrogens is 246 g/mol. The maximum Gasteiger partial charge on any atom is 0.350 e. The second-order valence-corrected chi connectivity index (χ2v) is 4.49. The van der Waals surface area contributed by atoms with Gasteiger partial charge in [-0.25, -0.2) is 4.79 Å². The number of aromatic nitrogens is 2. The average molecular weight is 261 g/mol. The molecule has 0 saturated heterocycles. The van der Waals surface area contributed by atoms with Gasteiger partial charge in [-0.15, -0.1) is 0 Å². The Morgan fingerprint density at radius 3 is 2.53 bits per heavy atom. The van der Waals surface area contributed by atoms with Crippen molar-refractivity contribution < 1.29 is 5.11 Å². The number of hydrogen-bond donors (Lipinski definition) is 2. The third-order valence-corrected chi connectivity index (χ3v) is 2.77. The topological polar surface area (TPSA) is 78.3 Å². The lowest BCUT2D eigenvalue weighted by Crippen LogP contribution is -2.40. The van der Waals surface area contributed by atoms with E-state index in [-0.39, 0.29) is 11.4 Å². The molecule has 0 amide bonds. The first-order valence-corrected chi connectivity index (χ1v) is 5.74. The summed E-state index contributed by atoms with van der Waals surface area (Å²) in [6, 6.07) is 7.15. The molecule has 2 N–H and O–H groups in total. The van der Waals surface area contributed by atoms with Crippen molar-refractivity contribution in [1.82, 2.24) is 9.66 Å². The van der Waals surface area contributed by atoms with E-state index in [1.165, 1.54) is 5.01 Å². The van der Waals surface area contributed by atoms with Crippen molar-refractivity contribution in [3.05, 3.63) is 50.7 Å². The van der Waals surface area contributed by atoms with Crippen molar-refractivity contribution >= 4 is 0 Å². The highest BCUT2D eigenvalue weighted by Crippen LogP contribution is 2.24. The van der Waals surface area contributed by atoms with Crippen LogP contribution in [0.1, 0.15) is 5.56 Å². The summed E-state index contributed by atoms with van der Waals surface area (Å²) in [4.78, 5) is 25.8. The van der Waals surface area contributed by atoms with E-state index in [4.69, 9.17) is 0 Å². The van der Waals surface area contributed by atoms with Gasteiger partial charge in [-0.1, -0.05) is 29.8 Å². The number of nitrogens with one attached hydrogen (secondary N) is 1. The summed E-state index contributed by atoms with van der Waals surface area (Å²) in [5.74, 6) is -0.371. The summed E-state index contributed by atoms with van der Waals surface area (Å²) in [5, 5.41) is 11.6. The number of benzene rings is 1. The van der Waals surface area contributed by atoms with Crippen LogP contribution in [0, 0.1) is 6.92 Å². The van der Waals surface area contributed by atoms with Crippen LogP contribution in [-0.4, -0.2) is 28.9 Å². The Balaban J connectivity index is 2.81. The summed E-state index contributed by atoms with van der Waals surface area (Å²) in [6.07, 6.45) is 0. The van der Waals surface area contributed by atoms with Crippen LogP contribution in [0.3, 0.4) is 0 Å². The van der Waals surface area contributed by atoms with Crippen LogP contribution in [0.4, 0.5) is 0 Å². The second-order valence-electron chi connectivity index (χ2n) is 4.49. The normalized spacial score (nSPS) is 10.5. The minimum atomic E-state index is -0.677. The van der Waals surface area contributed by atoms with Gasteiger partial charge in [-0.2, -0.15) is 4.68 Å². The monoisotopic (exact) mass is 261 g/mol. The molecule has 0 fully saturated rings.